The Bertz CT molecular complexity index is 2410. The molecule has 0 nitrogen and oxygen atoms in total. The molecule has 0 amide bonds. The lowest BCUT2D eigenvalue weighted by Gasteiger charge is -2.20. The Balaban J connectivity index is 1.26. The normalized spacial score (nSPS) is 12.7. The van der Waals surface area contributed by atoms with Gasteiger partial charge in [0.1, 0.15) is 0 Å². The van der Waals surface area contributed by atoms with E-state index in [1.165, 1.54) is 88.0 Å². The number of hydrogen-bond acceptors (Lipinski definition) is 0. The molecule has 0 heterocycles. The number of fused-ring (bicyclic) bond motifs is 4. The molecule has 0 N–H and O–H groups in total. The van der Waals surface area contributed by atoms with E-state index >= 15 is 0 Å². The summed E-state index contributed by atoms with van der Waals surface area (Å²) in [5.74, 6) is 0. The summed E-state index contributed by atoms with van der Waals surface area (Å²) < 4.78 is 0. The minimum Gasteiger partial charge on any atom is -0.0757 e. The van der Waals surface area contributed by atoms with Crippen molar-refractivity contribution in [1.29, 1.82) is 0 Å². The maximum Gasteiger partial charge on any atom is -0.00262 e. The fraction of sp³-hybridized carbons (Fsp3) is 0.0435. The SMILES string of the molecule is C1=C(c2cccc(-c3c4ccccc4c(-c4cccc(-c5cccc6ccccc56)c4)c4ccccc34)c2)c2ccccc2CC1. The van der Waals surface area contributed by atoms with E-state index in [1.54, 1.807) is 0 Å². The second-order valence-electron chi connectivity index (χ2n) is 12.3. The molecule has 0 saturated carbocycles. The maximum absolute atomic E-state index is 2.42. The highest BCUT2D eigenvalue weighted by Crippen LogP contribution is 2.45. The minimum absolute atomic E-state index is 1.08. The lowest BCUT2D eigenvalue weighted by molar-refractivity contribution is 0.978. The molecule has 0 aromatic heterocycles. The van der Waals surface area contributed by atoms with Crippen molar-refractivity contribution in [1.82, 2.24) is 0 Å². The van der Waals surface area contributed by atoms with Gasteiger partial charge in [-0.15, -0.1) is 0 Å². The van der Waals surface area contributed by atoms with Crippen LogP contribution in [-0.2, 0) is 6.42 Å². The fourth-order valence-corrected chi connectivity index (χ4v) is 7.67. The van der Waals surface area contributed by atoms with Crippen LogP contribution in [0.4, 0.5) is 0 Å². The Labute approximate surface area is 269 Å². The molecule has 46 heavy (non-hydrogen) atoms. The van der Waals surface area contributed by atoms with Crippen molar-refractivity contribution in [3.8, 4) is 33.4 Å². The smallest absolute Gasteiger partial charge is 0.00262 e. The summed E-state index contributed by atoms with van der Waals surface area (Å²) in [5, 5.41) is 7.66. The fourth-order valence-electron chi connectivity index (χ4n) is 7.67. The molecule has 0 spiro atoms. The molecule has 0 saturated heterocycles. The zero-order valence-corrected chi connectivity index (χ0v) is 25.6. The first-order chi connectivity index (χ1) is 22.8. The van der Waals surface area contributed by atoms with E-state index in [0.717, 1.165) is 12.8 Å². The summed E-state index contributed by atoms with van der Waals surface area (Å²) in [4.78, 5) is 0. The van der Waals surface area contributed by atoms with Gasteiger partial charge in [0.2, 0.25) is 0 Å². The zero-order valence-electron chi connectivity index (χ0n) is 25.6. The minimum atomic E-state index is 1.08. The molecular weight excluding hydrogens is 553 g/mol. The zero-order chi connectivity index (χ0) is 30.5. The molecule has 1 aliphatic carbocycles. The van der Waals surface area contributed by atoms with Crippen LogP contribution in [0.15, 0.2) is 170 Å². The predicted octanol–water partition coefficient (Wildman–Crippen LogP) is 12.5. The quantitative estimate of drug-likeness (QED) is 0.181. The van der Waals surface area contributed by atoms with Gasteiger partial charge in [-0.25, -0.2) is 0 Å². The number of hydrogen-bond donors (Lipinski definition) is 0. The summed E-state index contributed by atoms with van der Waals surface area (Å²) in [6.07, 6.45) is 4.61. The summed E-state index contributed by atoms with van der Waals surface area (Å²) in [6, 6.07) is 60.4. The van der Waals surface area contributed by atoms with E-state index in [1.807, 2.05) is 0 Å². The summed E-state index contributed by atoms with van der Waals surface area (Å²) in [5.41, 5.74) is 13.0. The average molecular weight is 585 g/mol. The highest BCUT2D eigenvalue weighted by atomic mass is 14.2. The molecule has 9 rings (SSSR count). The molecule has 8 aromatic carbocycles. The van der Waals surface area contributed by atoms with Crippen LogP contribution in [0.3, 0.4) is 0 Å². The number of allylic oxidation sites excluding steroid dienone is 1. The van der Waals surface area contributed by atoms with Crippen molar-refractivity contribution in [3.05, 3.63) is 187 Å². The van der Waals surface area contributed by atoms with Gasteiger partial charge in [-0.1, -0.05) is 158 Å². The van der Waals surface area contributed by atoms with Crippen molar-refractivity contribution in [2.75, 3.05) is 0 Å². The molecule has 0 aliphatic heterocycles. The van der Waals surface area contributed by atoms with E-state index in [-0.39, 0.29) is 0 Å². The van der Waals surface area contributed by atoms with Crippen molar-refractivity contribution in [2.24, 2.45) is 0 Å². The molecule has 216 valence electrons. The van der Waals surface area contributed by atoms with Crippen LogP contribution in [0.25, 0.3) is 71.3 Å². The average Bonchev–Trinajstić information content (AvgIpc) is 3.13. The summed E-state index contributed by atoms with van der Waals surface area (Å²) >= 11 is 0. The van der Waals surface area contributed by atoms with Gasteiger partial charge >= 0.3 is 0 Å². The molecule has 0 unspecified atom stereocenters. The lowest BCUT2D eigenvalue weighted by Crippen LogP contribution is -2.00. The molecule has 1 aliphatic rings. The van der Waals surface area contributed by atoms with Crippen LogP contribution < -0.4 is 0 Å². The van der Waals surface area contributed by atoms with Gasteiger partial charge < -0.3 is 0 Å². The van der Waals surface area contributed by atoms with Crippen molar-refractivity contribution in [2.45, 2.75) is 12.8 Å². The van der Waals surface area contributed by atoms with Gasteiger partial charge in [-0.05, 0) is 113 Å². The van der Waals surface area contributed by atoms with Crippen molar-refractivity contribution < 1.29 is 0 Å². The van der Waals surface area contributed by atoms with Gasteiger partial charge in [0, 0.05) is 0 Å². The first-order valence-corrected chi connectivity index (χ1v) is 16.2. The predicted molar refractivity (Wildman–Crippen MR) is 197 cm³/mol. The Morgan fingerprint density at radius 3 is 1.52 bits per heavy atom. The number of rotatable bonds is 4. The maximum atomic E-state index is 2.42. The third-order valence-corrected chi connectivity index (χ3v) is 9.72. The van der Waals surface area contributed by atoms with Crippen LogP contribution in [0, 0.1) is 0 Å². The third-order valence-electron chi connectivity index (χ3n) is 9.72. The van der Waals surface area contributed by atoms with Gasteiger partial charge in [-0.3, -0.25) is 0 Å². The highest BCUT2D eigenvalue weighted by molar-refractivity contribution is 6.21. The van der Waals surface area contributed by atoms with E-state index in [9.17, 15) is 0 Å². The topological polar surface area (TPSA) is 0 Å². The van der Waals surface area contributed by atoms with Gasteiger partial charge in [0.25, 0.3) is 0 Å². The number of aryl methyl sites for hydroxylation is 1. The van der Waals surface area contributed by atoms with Gasteiger partial charge in [0.05, 0.1) is 0 Å². The van der Waals surface area contributed by atoms with Crippen molar-refractivity contribution >= 4 is 37.9 Å². The molecule has 0 radical (unpaired) electrons. The molecule has 0 bridgehead atoms. The lowest BCUT2D eigenvalue weighted by atomic mass is 9.83. The first-order valence-electron chi connectivity index (χ1n) is 16.2. The van der Waals surface area contributed by atoms with Crippen LogP contribution in [0.1, 0.15) is 23.1 Å². The first kappa shape index (κ1) is 26.7. The Morgan fingerprint density at radius 1 is 0.348 bits per heavy atom. The molecule has 0 fully saturated rings. The van der Waals surface area contributed by atoms with Crippen LogP contribution in [-0.4, -0.2) is 0 Å². The van der Waals surface area contributed by atoms with E-state index in [2.05, 4.69) is 170 Å². The van der Waals surface area contributed by atoms with Crippen LogP contribution >= 0.6 is 0 Å². The van der Waals surface area contributed by atoms with E-state index in [4.69, 9.17) is 0 Å². The standard InChI is InChI=1S/C46H32/c1-3-21-37-31(13-1)15-11-27-39(37)33-17-9-19-35(29-33)45-41-23-5-7-25-43(41)46(44-26-8-6-24-42(44)45)36-20-10-18-34(30-36)40-28-12-16-32-14-2-4-22-38(32)40/h1-11,13-15,17-30H,12,16H2. The largest absolute Gasteiger partial charge is 0.0757 e. The monoisotopic (exact) mass is 584 g/mol. The second-order valence-corrected chi connectivity index (χ2v) is 12.3. The Morgan fingerprint density at radius 2 is 0.826 bits per heavy atom. The van der Waals surface area contributed by atoms with E-state index < -0.39 is 0 Å². The van der Waals surface area contributed by atoms with Crippen LogP contribution in [0.2, 0.25) is 0 Å². The summed E-state index contributed by atoms with van der Waals surface area (Å²) in [6.45, 7) is 0. The third kappa shape index (κ3) is 4.37. The summed E-state index contributed by atoms with van der Waals surface area (Å²) in [7, 11) is 0. The Hall–Kier alpha value is -5.72. The molecule has 0 atom stereocenters. The second kappa shape index (κ2) is 11.0. The highest BCUT2D eigenvalue weighted by Gasteiger charge is 2.19. The molecule has 8 aromatic rings. The van der Waals surface area contributed by atoms with Gasteiger partial charge in [0.15, 0.2) is 0 Å². The van der Waals surface area contributed by atoms with Crippen LogP contribution in [0.5, 0.6) is 0 Å². The molecule has 0 heteroatoms. The van der Waals surface area contributed by atoms with Crippen molar-refractivity contribution in [3.63, 3.8) is 0 Å². The molecular formula is C46H32. The number of benzene rings is 8. The van der Waals surface area contributed by atoms with Gasteiger partial charge in [-0.2, -0.15) is 0 Å². The Kier molecular flexibility index (Phi) is 6.39. The van der Waals surface area contributed by atoms with E-state index in [0.29, 0.717) is 0 Å².